The van der Waals surface area contributed by atoms with E-state index in [9.17, 15) is 9.59 Å². The van der Waals surface area contributed by atoms with Gasteiger partial charge in [-0.25, -0.2) is 4.98 Å². The predicted molar refractivity (Wildman–Crippen MR) is 94.0 cm³/mol. The SMILES string of the molecule is Cc1cc(NC(=O)C(C)NC(=O)c2nc(C3CC3)n3ccccc23)no1. The third-order valence-corrected chi connectivity index (χ3v) is 4.35. The average Bonchev–Trinajstić information content (AvgIpc) is 3.27. The molecule has 2 amide bonds. The Morgan fingerprint density at radius 1 is 1.35 bits per heavy atom. The molecule has 1 atom stereocenters. The first-order chi connectivity index (χ1) is 12.5. The van der Waals surface area contributed by atoms with Gasteiger partial charge in [0.1, 0.15) is 17.6 Å². The van der Waals surface area contributed by atoms with Crippen molar-refractivity contribution in [1.82, 2.24) is 19.9 Å². The Morgan fingerprint density at radius 2 is 2.15 bits per heavy atom. The predicted octanol–water partition coefficient (Wildman–Crippen LogP) is 2.27. The molecule has 2 N–H and O–H groups in total. The summed E-state index contributed by atoms with van der Waals surface area (Å²) in [4.78, 5) is 29.5. The number of rotatable bonds is 5. The summed E-state index contributed by atoms with van der Waals surface area (Å²) in [5, 5.41) is 9.02. The molecule has 4 rings (SSSR count). The average molecular weight is 353 g/mol. The van der Waals surface area contributed by atoms with Crippen LogP contribution in [0.1, 0.15) is 47.8 Å². The number of hydrogen-bond acceptors (Lipinski definition) is 5. The Kier molecular flexibility index (Phi) is 3.95. The zero-order chi connectivity index (χ0) is 18.3. The molecule has 8 heteroatoms. The van der Waals surface area contributed by atoms with Crippen molar-refractivity contribution >= 4 is 23.1 Å². The van der Waals surface area contributed by atoms with Gasteiger partial charge in [0.2, 0.25) is 5.91 Å². The molecule has 0 radical (unpaired) electrons. The second-order valence-electron chi connectivity index (χ2n) is 6.56. The lowest BCUT2D eigenvalue weighted by Gasteiger charge is -2.12. The van der Waals surface area contributed by atoms with Crippen molar-refractivity contribution in [2.24, 2.45) is 0 Å². The Balaban J connectivity index is 1.51. The minimum Gasteiger partial charge on any atom is -0.360 e. The first-order valence-electron chi connectivity index (χ1n) is 8.55. The van der Waals surface area contributed by atoms with Crippen LogP contribution in [-0.4, -0.2) is 32.4 Å². The molecule has 1 aliphatic carbocycles. The highest BCUT2D eigenvalue weighted by atomic mass is 16.5. The van der Waals surface area contributed by atoms with Gasteiger partial charge in [0, 0.05) is 18.2 Å². The summed E-state index contributed by atoms with van der Waals surface area (Å²) < 4.78 is 6.86. The van der Waals surface area contributed by atoms with Gasteiger partial charge in [0.25, 0.3) is 5.91 Å². The van der Waals surface area contributed by atoms with Crippen molar-refractivity contribution in [1.29, 1.82) is 0 Å². The minimum atomic E-state index is -0.746. The number of hydrogen-bond donors (Lipinski definition) is 2. The van der Waals surface area contributed by atoms with E-state index in [2.05, 4.69) is 20.8 Å². The second kappa shape index (κ2) is 6.29. The van der Waals surface area contributed by atoms with Gasteiger partial charge in [0.05, 0.1) is 5.52 Å². The summed E-state index contributed by atoms with van der Waals surface area (Å²) in [6.07, 6.45) is 4.09. The molecule has 1 unspecified atom stereocenters. The van der Waals surface area contributed by atoms with Crippen LogP contribution in [0.2, 0.25) is 0 Å². The molecule has 26 heavy (non-hydrogen) atoms. The van der Waals surface area contributed by atoms with Crippen LogP contribution in [0.15, 0.2) is 35.0 Å². The summed E-state index contributed by atoms with van der Waals surface area (Å²) in [5.74, 6) is 1.46. The fraction of sp³-hybridized carbons (Fsp3) is 0.333. The molecule has 1 fully saturated rings. The van der Waals surface area contributed by atoms with Crippen molar-refractivity contribution in [2.45, 2.75) is 38.6 Å². The van der Waals surface area contributed by atoms with Gasteiger partial charge in [-0.3, -0.25) is 9.59 Å². The number of imidazole rings is 1. The topological polar surface area (TPSA) is 102 Å². The van der Waals surface area contributed by atoms with Gasteiger partial charge in [-0.1, -0.05) is 11.2 Å². The van der Waals surface area contributed by atoms with E-state index in [0.29, 0.717) is 23.2 Å². The summed E-state index contributed by atoms with van der Waals surface area (Å²) >= 11 is 0. The smallest absolute Gasteiger partial charge is 0.272 e. The van der Waals surface area contributed by atoms with Crippen LogP contribution in [0.25, 0.3) is 5.52 Å². The van der Waals surface area contributed by atoms with Crippen molar-refractivity contribution in [2.75, 3.05) is 5.32 Å². The fourth-order valence-corrected chi connectivity index (χ4v) is 2.85. The van der Waals surface area contributed by atoms with Crippen molar-refractivity contribution in [3.63, 3.8) is 0 Å². The summed E-state index contributed by atoms with van der Waals surface area (Å²) in [5.41, 5.74) is 1.08. The minimum absolute atomic E-state index is 0.317. The first-order valence-corrected chi connectivity index (χ1v) is 8.55. The number of aromatic nitrogens is 3. The van der Waals surface area contributed by atoms with Crippen molar-refractivity contribution in [3.8, 4) is 0 Å². The van der Waals surface area contributed by atoms with Crippen LogP contribution < -0.4 is 10.6 Å². The lowest BCUT2D eigenvalue weighted by atomic mass is 10.2. The highest BCUT2D eigenvalue weighted by molar-refractivity contribution is 6.03. The summed E-state index contributed by atoms with van der Waals surface area (Å²) in [6.45, 7) is 3.34. The maximum Gasteiger partial charge on any atom is 0.272 e. The molecular weight excluding hydrogens is 334 g/mol. The number of nitrogens with zero attached hydrogens (tertiary/aromatic N) is 3. The molecule has 3 aromatic rings. The van der Waals surface area contributed by atoms with E-state index in [0.717, 1.165) is 24.2 Å². The zero-order valence-corrected chi connectivity index (χ0v) is 14.5. The van der Waals surface area contributed by atoms with Gasteiger partial charge in [-0.2, -0.15) is 0 Å². The highest BCUT2D eigenvalue weighted by Crippen LogP contribution is 2.39. The van der Waals surface area contributed by atoms with E-state index >= 15 is 0 Å². The van der Waals surface area contributed by atoms with Gasteiger partial charge in [-0.15, -0.1) is 0 Å². The molecule has 0 aromatic carbocycles. The molecule has 0 spiro atoms. The molecule has 1 aliphatic rings. The summed E-state index contributed by atoms with van der Waals surface area (Å²) in [7, 11) is 0. The van der Waals surface area contributed by atoms with Crippen LogP contribution in [0.4, 0.5) is 5.82 Å². The third-order valence-electron chi connectivity index (χ3n) is 4.35. The van der Waals surface area contributed by atoms with Gasteiger partial charge in [0.15, 0.2) is 11.5 Å². The van der Waals surface area contributed by atoms with Gasteiger partial charge < -0.3 is 19.6 Å². The van der Waals surface area contributed by atoms with Crippen molar-refractivity contribution in [3.05, 3.63) is 47.7 Å². The number of fused-ring (bicyclic) bond motifs is 1. The molecule has 134 valence electrons. The highest BCUT2D eigenvalue weighted by Gasteiger charge is 2.31. The molecule has 0 aliphatic heterocycles. The van der Waals surface area contributed by atoms with E-state index in [-0.39, 0.29) is 11.8 Å². The van der Waals surface area contributed by atoms with Gasteiger partial charge >= 0.3 is 0 Å². The lowest BCUT2D eigenvalue weighted by Crippen LogP contribution is -2.41. The number of carbonyl (C=O) groups is 2. The number of amides is 2. The molecule has 1 saturated carbocycles. The van der Waals surface area contributed by atoms with Gasteiger partial charge in [-0.05, 0) is 38.8 Å². The second-order valence-corrected chi connectivity index (χ2v) is 6.56. The van der Waals surface area contributed by atoms with Crippen LogP contribution in [-0.2, 0) is 4.79 Å². The lowest BCUT2D eigenvalue weighted by molar-refractivity contribution is -0.117. The molecule has 3 heterocycles. The van der Waals surface area contributed by atoms with Crippen LogP contribution in [0.3, 0.4) is 0 Å². The maximum absolute atomic E-state index is 12.7. The normalized spacial score (nSPS) is 15.0. The Bertz CT molecular complexity index is 986. The van der Waals surface area contributed by atoms with E-state index in [1.165, 1.54) is 0 Å². The van der Waals surface area contributed by atoms with E-state index < -0.39 is 6.04 Å². The standard InChI is InChI=1S/C18H19N5O3/c1-10-9-14(22-26-10)20-17(24)11(2)19-18(25)15-13-5-3-4-8-23(13)16(21-15)12-6-7-12/h3-5,8-9,11-12H,6-7H2,1-2H3,(H,19,25)(H,20,22,24). The summed E-state index contributed by atoms with van der Waals surface area (Å²) in [6, 6.07) is 6.50. The monoisotopic (exact) mass is 353 g/mol. The zero-order valence-electron chi connectivity index (χ0n) is 14.5. The van der Waals surface area contributed by atoms with Crippen molar-refractivity contribution < 1.29 is 14.1 Å². The number of carbonyl (C=O) groups excluding carboxylic acids is 2. The largest absolute Gasteiger partial charge is 0.360 e. The van der Waals surface area contributed by atoms with Crippen LogP contribution in [0.5, 0.6) is 0 Å². The number of anilines is 1. The fourth-order valence-electron chi connectivity index (χ4n) is 2.85. The van der Waals surface area contributed by atoms with E-state index in [4.69, 9.17) is 4.52 Å². The Morgan fingerprint density at radius 3 is 2.85 bits per heavy atom. The Labute approximate surface area is 149 Å². The van der Waals surface area contributed by atoms with Crippen LogP contribution >= 0.6 is 0 Å². The molecule has 0 bridgehead atoms. The molecular formula is C18H19N5O3. The first kappa shape index (κ1) is 16.3. The number of nitrogens with one attached hydrogen (secondary N) is 2. The Hall–Kier alpha value is -3.16. The number of aryl methyl sites for hydroxylation is 1. The number of pyridine rings is 1. The van der Waals surface area contributed by atoms with E-state index in [1.54, 1.807) is 19.9 Å². The molecule has 3 aromatic heterocycles. The van der Waals surface area contributed by atoms with Crippen LogP contribution in [0, 0.1) is 6.92 Å². The molecule has 8 nitrogen and oxygen atoms in total. The maximum atomic E-state index is 12.7. The third kappa shape index (κ3) is 3.05. The quantitative estimate of drug-likeness (QED) is 0.733. The molecule has 0 saturated heterocycles. The van der Waals surface area contributed by atoms with E-state index in [1.807, 2.05) is 28.8 Å².